The number of nitrogens with one attached hydrogen (secondary N) is 3. The Bertz CT molecular complexity index is 802. The molecule has 2 unspecified atom stereocenters. The van der Waals surface area contributed by atoms with Crippen LogP contribution >= 0.6 is 0 Å². The first kappa shape index (κ1) is 21.8. The molecule has 2 atom stereocenters. The minimum atomic E-state index is -0.384. The molecule has 0 aliphatic heterocycles. The number of carbonyl (C=O) groups excluding carboxylic acids is 3. The van der Waals surface area contributed by atoms with Gasteiger partial charge >= 0.3 is 6.03 Å². The fourth-order valence-corrected chi connectivity index (χ4v) is 4.33. The zero-order chi connectivity index (χ0) is 21.8. The molecule has 0 radical (unpaired) electrons. The lowest BCUT2D eigenvalue weighted by Gasteiger charge is -2.29. The van der Waals surface area contributed by atoms with Crippen molar-refractivity contribution < 1.29 is 14.4 Å². The third-order valence-corrected chi connectivity index (χ3v) is 6.61. The smallest absolute Gasteiger partial charge is 0.321 e. The van der Waals surface area contributed by atoms with E-state index in [1.54, 1.807) is 0 Å². The van der Waals surface area contributed by atoms with E-state index in [9.17, 15) is 14.4 Å². The highest BCUT2D eigenvalue weighted by atomic mass is 16.2. The van der Waals surface area contributed by atoms with Crippen LogP contribution in [0, 0.1) is 5.92 Å². The van der Waals surface area contributed by atoms with Gasteiger partial charge in [0.05, 0.1) is 6.54 Å². The van der Waals surface area contributed by atoms with Gasteiger partial charge in [0, 0.05) is 30.2 Å². The summed E-state index contributed by atoms with van der Waals surface area (Å²) in [6, 6.07) is 8.08. The van der Waals surface area contributed by atoms with Crippen molar-refractivity contribution in [2.75, 3.05) is 6.54 Å². The maximum absolute atomic E-state index is 12.5. The van der Waals surface area contributed by atoms with Crippen LogP contribution in [0.4, 0.5) is 4.79 Å². The van der Waals surface area contributed by atoms with Crippen molar-refractivity contribution in [1.29, 1.82) is 0 Å². The second-order valence-corrected chi connectivity index (χ2v) is 9.47. The normalized spacial score (nSPS) is 23.3. The summed E-state index contributed by atoms with van der Waals surface area (Å²) < 4.78 is 0. The lowest BCUT2D eigenvalue weighted by Crippen LogP contribution is -2.50. The fourth-order valence-electron chi connectivity index (χ4n) is 4.33. The topological polar surface area (TPSA) is 90.5 Å². The number of hydrogen-bond acceptors (Lipinski definition) is 4. The molecule has 31 heavy (non-hydrogen) atoms. The minimum Gasteiger partial charge on any atom is -0.349 e. The molecule has 3 N–H and O–H groups in total. The molecule has 7 heteroatoms. The second kappa shape index (κ2) is 9.81. The summed E-state index contributed by atoms with van der Waals surface area (Å²) >= 11 is 0. The first-order valence-corrected chi connectivity index (χ1v) is 11.7. The van der Waals surface area contributed by atoms with Gasteiger partial charge in [-0.05, 0) is 62.1 Å². The number of rotatable bonds is 8. The van der Waals surface area contributed by atoms with E-state index >= 15 is 0 Å². The van der Waals surface area contributed by atoms with Crippen molar-refractivity contribution in [3.05, 3.63) is 35.4 Å². The van der Waals surface area contributed by atoms with Crippen molar-refractivity contribution in [1.82, 2.24) is 20.9 Å². The Balaban J connectivity index is 1.26. The first-order chi connectivity index (χ1) is 15.0. The number of imide groups is 1. The maximum atomic E-state index is 12.5. The Morgan fingerprint density at radius 2 is 1.65 bits per heavy atom. The molecule has 4 amide bonds. The predicted octanol–water partition coefficient (Wildman–Crippen LogP) is 2.95. The number of benzene rings is 1. The molecule has 7 nitrogen and oxygen atoms in total. The van der Waals surface area contributed by atoms with Crippen LogP contribution in [0.25, 0.3) is 0 Å². The monoisotopic (exact) mass is 426 g/mol. The van der Waals surface area contributed by atoms with E-state index in [-0.39, 0.29) is 30.4 Å². The summed E-state index contributed by atoms with van der Waals surface area (Å²) in [4.78, 5) is 39.0. The van der Waals surface area contributed by atoms with Gasteiger partial charge in [0.1, 0.15) is 0 Å². The fraction of sp³-hybridized carbons (Fsp3) is 0.625. The molecular weight excluding hydrogens is 392 g/mol. The highest BCUT2D eigenvalue weighted by Crippen LogP contribution is 2.28. The van der Waals surface area contributed by atoms with E-state index in [1.807, 2.05) is 24.3 Å². The van der Waals surface area contributed by atoms with Gasteiger partial charge in [-0.3, -0.25) is 19.8 Å². The SMILES string of the molecule is CC1CCCCC1NC(=O)NC(=O)CN(Cc1ccc(C(=O)NC2CC2)cc1)C1CC1. The highest BCUT2D eigenvalue weighted by molar-refractivity contribution is 5.95. The lowest BCUT2D eigenvalue weighted by molar-refractivity contribution is -0.121. The summed E-state index contributed by atoms with van der Waals surface area (Å²) in [6.45, 7) is 2.98. The Labute approximate surface area is 184 Å². The summed E-state index contributed by atoms with van der Waals surface area (Å²) in [5, 5.41) is 8.48. The van der Waals surface area contributed by atoms with E-state index in [1.165, 1.54) is 6.42 Å². The molecule has 0 spiro atoms. The summed E-state index contributed by atoms with van der Waals surface area (Å²) in [7, 11) is 0. The lowest BCUT2D eigenvalue weighted by atomic mass is 9.86. The van der Waals surface area contributed by atoms with Crippen LogP contribution in [0.2, 0.25) is 0 Å². The first-order valence-electron chi connectivity index (χ1n) is 11.7. The zero-order valence-electron chi connectivity index (χ0n) is 18.4. The van der Waals surface area contributed by atoms with E-state index < -0.39 is 0 Å². The van der Waals surface area contributed by atoms with Gasteiger partial charge in [0.2, 0.25) is 5.91 Å². The van der Waals surface area contributed by atoms with Gasteiger partial charge in [-0.2, -0.15) is 0 Å². The van der Waals surface area contributed by atoms with Gasteiger partial charge in [0.25, 0.3) is 5.91 Å². The van der Waals surface area contributed by atoms with E-state index in [0.29, 0.717) is 30.1 Å². The molecule has 168 valence electrons. The van der Waals surface area contributed by atoms with Gasteiger partial charge < -0.3 is 10.6 Å². The van der Waals surface area contributed by atoms with Crippen LogP contribution in [0.15, 0.2) is 24.3 Å². The molecule has 1 aromatic rings. The Morgan fingerprint density at radius 3 is 2.29 bits per heavy atom. The van der Waals surface area contributed by atoms with Crippen molar-refractivity contribution in [3.8, 4) is 0 Å². The third-order valence-electron chi connectivity index (χ3n) is 6.61. The third kappa shape index (κ3) is 6.53. The van der Waals surface area contributed by atoms with Gasteiger partial charge in [-0.15, -0.1) is 0 Å². The van der Waals surface area contributed by atoms with Crippen molar-refractivity contribution >= 4 is 17.8 Å². The Morgan fingerprint density at radius 1 is 0.935 bits per heavy atom. The van der Waals surface area contributed by atoms with E-state index in [0.717, 1.165) is 50.5 Å². The maximum Gasteiger partial charge on any atom is 0.321 e. The van der Waals surface area contributed by atoms with Crippen LogP contribution in [0.5, 0.6) is 0 Å². The number of urea groups is 1. The molecular formula is C24H34N4O3. The van der Waals surface area contributed by atoms with Gasteiger partial charge in [-0.1, -0.05) is 31.9 Å². The van der Waals surface area contributed by atoms with Crippen LogP contribution in [-0.4, -0.2) is 47.4 Å². The minimum absolute atomic E-state index is 0.0224. The molecule has 0 saturated heterocycles. The molecule has 3 aliphatic rings. The van der Waals surface area contributed by atoms with Crippen LogP contribution < -0.4 is 16.0 Å². The molecule has 4 rings (SSSR count). The molecule has 0 aromatic heterocycles. The van der Waals surface area contributed by atoms with Gasteiger partial charge in [-0.25, -0.2) is 4.79 Å². The van der Waals surface area contributed by atoms with Gasteiger partial charge in [0.15, 0.2) is 0 Å². The molecule has 3 saturated carbocycles. The van der Waals surface area contributed by atoms with Crippen LogP contribution in [0.3, 0.4) is 0 Å². The average molecular weight is 427 g/mol. The van der Waals surface area contributed by atoms with E-state index in [4.69, 9.17) is 0 Å². The van der Waals surface area contributed by atoms with Crippen molar-refractivity contribution in [2.45, 2.75) is 83.0 Å². The highest BCUT2D eigenvalue weighted by Gasteiger charge is 2.31. The van der Waals surface area contributed by atoms with Crippen LogP contribution in [-0.2, 0) is 11.3 Å². The Kier molecular flexibility index (Phi) is 6.90. The predicted molar refractivity (Wildman–Crippen MR) is 118 cm³/mol. The van der Waals surface area contributed by atoms with E-state index in [2.05, 4.69) is 27.8 Å². The van der Waals surface area contributed by atoms with Crippen molar-refractivity contribution in [2.24, 2.45) is 5.92 Å². The summed E-state index contributed by atoms with van der Waals surface area (Å²) in [6.07, 6.45) is 8.71. The number of carbonyl (C=O) groups is 3. The second-order valence-electron chi connectivity index (χ2n) is 9.47. The number of hydrogen-bond donors (Lipinski definition) is 3. The summed E-state index contributed by atoms with van der Waals surface area (Å²) in [5.41, 5.74) is 1.73. The molecule has 0 heterocycles. The Hall–Kier alpha value is -2.41. The standard InChI is InChI=1S/C24H34N4O3/c1-16-4-2-3-5-21(16)26-24(31)27-22(29)15-28(20-12-13-20)14-17-6-8-18(9-7-17)23(30)25-19-10-11-19/h6-9,16,19-21H,2-5,10-15H2,1H3,(H,25,30)(H2,26,27,29,31). The summed E-state index contributed by atoms with van der Waals surface area (Å²) in [5.74, 6) is 0.158. The molecule has 1 aromatic carbocycles. The largest absolute Gasteiger partial charge is 0.349 e. The average Bonchev–Trinajstić information content (AvgIpc) is 3.64. The molecule has 3 aliphatic carbocycles. The quantitative estimate of drug-likeness (QED) is 0.596. The zero-order valence-corrected chi connectivity index (χ0v) is 18.4. The molecule has 0 bridgehead atoms. The number of nitrogens with zero attached hydrogens (tertiary/aromatic N) is 1. The molecule has 3 fully saturated rings. The van der Waals surface area contributed by atoms with Crippen molar-refractivity contribution in [3.63, 3.8) is 0 Å². The van der Waals surface area contributed by atoms with Crippen LogP contribution in [0.1, 0.15) is 74.2 Å². The number of amides is 4.